The molecule has 0 unspecified atom stereocenters. The van der Waals surface area contributed by atoms with Gasteiger partial charge < -0.3 is 0 Å². The normalized spacial score (nSPS) is 16.8. The summed E-state index contributed by atoms with van der Waals surface area (Å²) >= 11 is 127. The standard InChI is InChI=1S/C10HCl21/c11-1(12)2(13,14)4(16,17)6(20,21)8(24,25)7(22,23)5(18,19)3(15,9(26,27)28)10(29,30)31/h1H. The SMILES string of the molecule is ClC(Cl)C(Cl)(Cl)C(Cl)(Cl)C(Cl)(Cl)C(Cl)(Cl)C(Cl)(Cl)C(Cl)(Cl)C(Cl)(C(Cl)(Cl)Cl)C(Cl)(Cl)Cl. The van der Waals surface area contributed by atoms with Crippen molar-refractivity contribution in [3.63, 3.8) is 0 Å². The Morgan fingerprint density at radius 3 is 0.774 bits per heavy atom. The molecule has 0 atom stereocenters. The van der Waals surface area contributed by atoms with Gasteiger partial charge in [0.2, 0.25) is 7.59 Å². The fourth-order valence-electron chi connectivity index (χ4n) is 1.67. The van der Waals surface area contributed by atoms with E-state index in [0.717, 1.165) is 0 Å². The van der Waals surface area contributed by atoms with E-state index in [0.29, 0.717) is 0 Å². The van der Waals surface area contributed by atoms with E-state index in [-0.39, 0.29) is 0 Å². The van der Waals surface area contributed by atoms with Crippen molar-refractivity contribution in [1.29, 1.82) is 0 Å². The fourth-order valence-corrected chi connectivity index (χ4v) is 9.30. The van der Waals surface area contributed by atoms with Gasteiger partial charge in [0.1, 0.15) is 4.84 Å². The van der Waals surface area contributed by atoms with Crippen LogP contribution < -0.4 is 0 Å². The molecule has 0 radical (unpaired) electrons. The summed E-state index contributed by atoms with van der Waals surface area (Å²) in [6.07, 6.45) is 0. The van der Waals surface area contributed by atoms with Gasteiger partial charge in [0.05, 0.1) is 0 Å². The zero-order valence-corrected chi connectivity index (χ0v) is 28.9. The molecule has 0 heterocycles. The van der Waals surface area contributed by atoms with Gasteiger partial charge in [-0.1, -0.05) is 209 Å². The summed E-state index contributed by atoms with van der Waals surface area (Å²) in [5, 5.41) is 0. The Kier molecular flexibility index (Phi) is 13.4. The predicted molar refractivity (Wildman–Crippen MR) is 151 cm³/mol. The number of hydrogen-bond donors (Lipinski definition) is 0. The van der Waals surface area contributed by atoms with Gasteiger partial charge >= 0.3 is 0 Å². The highest BCUT2D eigenvalue weighted by Crippen LogP contribution is 2.74. The average molecular weight is 866 g/mol. The predicted octanol–water partition coefficient (Wildman–Crippen LogP) is 12.6. The summed E-state index contributed by atoms with van der Waals surface area (Å²) < 4.78 is -23.7. The Hall–Kier alpha value is 6.09. The maximum absolute atomic E-state index is 6.30. The average Bonchev–Trinajstić information content (AvgIpc) is 2.50. The molecule has 0 aliphatic heterocycles. The Labute approximate surface area is 282 Å². The molecule has 0 fully saturated rings. The zero-order chi connectivity index (χ0) is 26.1. The zero-order valence-electron chi connectivity index (χ0n) is 13.0. The molecule has 0 saturated heterocycles. The summed E-state index contributed by atoms with van der Waals surface area (Å²) in [7, 11) is 0. The van der Waals surface area contributed by atoms with Crippen LogP contribution in [-0.4, -0.2) is 43.3 Å². The quantitative estimate of drug-likeness (QED) is 0.224. The van der Waals surface area contributed by atoms with Crippen LogP contribution >= 0.6 is 244 Å². The van der Waals surface area contributed by atoms with Gasteiger partial charge in [0.15, 0.2) is 30.9 Å². The van der Waals surface area contributed by atoms with Gasteiger partial charge in [-0.25, -0.2) is 0 Å². The second-order valence-corrected chi connectivity index (χ2v) is 19.7. The summed E-state index contributed by atoms with van der Waals surface area (Å²) in [5.74, 6) is 0. The van der Waals surface area contributed by atoms with Crippen LogP contribution in [0.2, 0.25) is 0 Å². The van der Waals surface area contributed by atoms with Crippen LogP contribution in [0.5, 0.6) is 0 Å². The highest BCUT2D eigenvalue weighted by Gasteiger charge is 2.84. The second kappa shape index (κ2) is 11.2. The Balaban J connectivity index is 7.11. The fraction of sp³-hybridized carbons (Fsp3) is 1.00. The van der Waals surface area contributed by atoms with E-state index in [1.54, 1.807) is 0 Å². The van der Waals surface area contributed by atoms with E-state index in [1.165, 1.54) is 0 Å². The molecule has 0 aromatic rings. The first-order valence-electron chi connectivity index (χ1n) is 6.32. The van der Waals surface area contributed by atoms with Gasteiger partial charge in [0.25, 0.3) is 0 Å². The maximum Gasteiger partial charge on any atom is 0.216 e. The minimum absolute atomic E-state index is 1.75. The number of rotatable bonds is 7. The minimum Gasteiger partial charge on any atom is -0.106 e. The van der Waals surface area contributed by atoms with Crippen LogP contribution in [-0.2, 0) is 0 Å². The van der Waals surface area contributed by atoms with Crippen molar-refractivity contribution in [3.8, 4) is 0 Å². The Morgan fingerprint density at radius 1 is 0.323 bits per heavy atom. The second-order valence-electron chi connectivity index (χ2n) is 5.45. The van der Waals surface area contributed by atoms with Crippen LogP contribution in [0.4, 0.5) is 0 Å². The smallest absolute Gasteiger partial charge is 0.106 e. The van der Waals surface area contributed by atoms with Gasteiger partial charge in [-0.3, -0.25) is 0 Å². The Morgan fingerprint density at radius 2 is 0.548 bits per heavy atom. The molecule has 21 heteroatoms. The molecule has 0 rings (SSSR count). The summed E-state index contributed by atoms with van der Waals surface area (Å²) in [6.45, 7) is 0. The molecule has 0 aliphatic rings. The molecule has 0 aromatic heterocycles. The largest absolute Gasteiger partial charge is 0.216 e. The van der Waals surface area contributed by atoms with Crippen molar-refractivity contribution in [2.45, 2.75) is 43.3 Å². The van der Waals surface area contributed by atoms with Gasteiger partial charge in [-0.2, -0.15) is 0 Å². The molecule has 0 nitrogen and oxygen atoms in total. The first-order valence-corrected chi connectivity index (χ1v) is 14.4. The minimum atomic E-state index is -3.18. The molecule has 188 valence electrons. The van der Waals surface area contributed by atoms with Crippen molar-refractivity contribution < 1.29 is 0 Å². The number of hydrogen-bond acceptors (Lipinski definition) is 0. The highest BCUT2D eigenvalue weighted by molar-refractivity contribution is 6.83. The first kappa shape index (κ1) is 37.1. The maximum atomic E-state index is 6.30. The van der Waals surface area contributed by atoms with Crippen molar-refractivity contribution in [2.24, 2.45) is 0 Å². The summed E-state index contributed by atoms with van der Waals surface area (Å²) in [6, 6.07) is 0. The van der Waals surface area contributed by atoms with Crippen molar-refractivity contribution in [1.82, 2.24) is 0 Å². The van der Waals surface area contributed by atoms with E-state index >= 15 is 0 Å². The molecule has 0 amide bonds. The van der Waals surface area contributed by atoms with Crippen LogP contribution in [0.25, 0.3) is 0 Å². The third-order valence-corrected chi connectivity index (χ3v) is 16.5. The third-order valence-electron chi connectivity index (χ3n) is 3.48. The van der Waals surface area contributed by atoms with Crippen molar-refractivity contribution in [2.75, 3.05) is 0 Å². The van der Waals surface area contributed by atoms with Crippen molar-refractivity contribution in [3.05, 3.63) is 0 Å². The van der Waals surface area contributed by atoms with Crippen LogP contribution in [0.15, 0.2) is 0 Å². The lowest BCUT2D eigenvalue weighted by molar-refractivity contribution is 0.411. The van der Waals surface area contributed by atoms with Gasteiger partial charge in [0, 0.05) is 0 Å². The lowest BCUT2D eigenvalue weighted by atomic mass is 9.97. The summed E-state index contributed by atoms with van der Waals surface area (Å²) in [5.41, 5.74) is 0. The van der Waals surface area contributed by atoms with Crippen molar-refractivity contribution >= 4 is 244 Å². The van der Waals surface area contributed by atoms with Crippen LogP contribution in [0.3, 0.4) is 0 Å². The molecule has 0 aliphatic carbocycles. The lowest BCUT2D eigenvalue weighted by Crippen LogP contribution is -2.74. The molecular weight excluding hydrogens is 865 g/mol. The van der Waals surface area contributed by atoms with E-state index in [1.807, 2.05) is 0 Å². The van der Waals surface area contributed by atoms with Gasteiger partial charge in [-0.15, -0.1) is 34.8 Å². The Bertz CT molecular complexity index is 632. The topological polar surface area (TPSA) is 0 Å². The van der Waals surface area contributed by atoms with E-state index in [9.17, 15) is 0 Å². The molecule has 0 N–H and O–H groups in total. The molecule has 0 aromatic carbocycles. The molecular formula is C10HCl21. The van der Waals surface area contributed by atoms with E-state index < -0.39 is 43.3 Å². The molecule has 31 heavy (non-hydrogen) atoms. The van der Waals surface area contributed by atoms with E-state index in [2.05, 4.69) is 0 Å². The van der Waals surface area contributed by atoms with Crippen LogP contribution in [0, 0.1) is 0 Å². The first-order chi connectivity index (χ1) is 12.9. The van der Waals surface area contributed by atoms with Crippen LogP contribution in [0.1, 0.15) is 0 Å². The monoisotopic (exact) mass is 855 g/mol. The number of halogens is 21. The molecule has 0 saturated carbocycles. The van der Waals surface area contributed by atoms with Gasteiger partial charge in [-0.05, 0) is 0 Å². The number of alkyl halides is 21. The molecule has 0 spiro atoms. The lowest BCUT2D eigenvalue weighted by Gasteiger charge is -2.56. The third kappa shape index (κ3) is 5.93. The van der Waals surface area contributed by atoms with E-state index in [4.69, 9.17) is 244 Å². The summed E-state index contributed by atoms with van der Waals surface area (Å²) in [4.78, 5) is -4.78. The highest BCUT2D eigenvalue weighted by atomic mass is 35.6. The molecule has 0 bridgehead atoms.